The van der Waals surface area contributed by atoms with Crippen LogP contribution in [0.4, 0.5) is 0 Å². The van der Waals surface area contributed by atoms with Crippen LogP contribution in [0.25, 0.3) is 0 Å². The number of benzene rings is 2. The molecule has 0 atom stereocenters. The molecule has 1 N–H and O–H groups in total. The fourth-order valence-corrected chi connectivity index (χ4v) is 4.70. The van der Waals surface area contributed by atoms with Crippen LogP contribution in [0.5, 0.6) is 0 Å². The molecule has 0 bridgehead atoms. The average Bonchev–Trinajstić information content (AvgIpc) is 3.18. The van der Waals surface area contributed by atoms with Gasteiger partial charge in [-0.3, -0.25) is 9.63 Å². The number of hydrogen-bond acceptors (Lipinski definition) is 4. The monoisotopic (exact) mass is 438 g/mol. The van der Waals surface area contributed by atoms with Crippen LogP contribution in [0.15, 0.2) is 57.9 Å². The molecule has 0 saturated carbocycles. The zero-order chi connectivity index (χ0) is 18.6. The molecule has 8 heteroatoms. The topological polar surface area (TPSA) is 75.7 Å². The van der Waals surface area contributed by atoms with E-state index in [1.807, 2.05) is 30.3 Å². The van der Waals surface area contributed by atoms with Crippen molar-refractivity contribution in [2.45, 2.75) is 24.3 Å². The fraction of sp³-hybridized carbons (Fsp3) is 0.278. The van der Waals surface area contributed by atoms with Crippen molar-refractivity contribution in [3.8, 4) is 0 Å². The second-order valence-electron chi connectivity index (χ2n) is 5.96. The maximum atomic E-state index is 12.7. The Balaban J connectivity index is 1.71. The Bertz CT molecular complexity index is 881. The van der Waals surface area contributed by atoms with Gasteiger partial charge in [-0.25, -0.2) is 13.9 Å². The first-order valence-electron chi connectivity index (χ1n) is 8.24. The van der Waals surface area contributed by atoms with Crippen molar-refractivity contribution >= 4 is 31.9 Å². The Kier molecular flexibility index (Phi) is 6.08. The lowest BCUT2D eigenvalue weighted by Gasteiger charge is -2.16. The summed E-state index contributed by atoms with van der Waals surface area (Å²) in [5, 5.41) is 0. The highest BCUT2D eigenvalue weighted by atomic mass is 79.9. The minimum atomic E-state index is -3.58. The highest BCUT2D eigenvalue weighted by molar-refractivity contribution is 9.10. The van der Waals surface area contributed by atoms with Crippen LogP contribution in [0.2, 0.25) is 0 Å². The molecule has 6 nitrogen and oxygen atoms in total. The van der Waals surface area contributed by atoms with Crippen LogP contribution in [0.3, 0.4) is 0 Å². The van der Waals surface area contributed by atoms with Crippen molar-refractivity contribution < 1.29 is 18.0 Å². The van der Waals surface area contributed by atoms with E-state index in [-0.39, 0.29) is 17.1 Å². The maximum absolute atomic E-state index is 12.7. The Hall–Kier alpha value is -1.74. The third-order valence-corrected chi connectivity index (χ3v) is 6.72. The molecule has 1 aliphatic heterocycles. The summed E-state index contributed by atoms with van der Waals surface area (Å²) in [7, 11) is -3.58. The summed E-state index contributed by atoms with van der Waals surface area (Å²) in [5.74, 6) is -0.508. The Morgan fingerprint density at radius 2 is 1.81 bits per heavy atom. The molecule has 1 saturated heterocycles. The second kappa shape index (κ2) is 8.30. The zero-order valence-corrected chi connectivity index (χ0v) is 16.4. The van der Waals surface area contributed by atoms with Gasteiger partial charge in [0.1, 0.15) is 0 Å². The molecule has 0 aliphatic carbocycles. The summed E-state index contributed by atoms with van der Waals surface area (Å²) in [4.78, 5) is 17.7. The number of rotatable bonds is 6. The quantitative estimate of drug-likeness (QED) is 0.702. The lowest BCUT2D eigenvalue weighted by Crippen LogP contribution is -2.29. The van der Waals surface area contributed by atoms with Crippen LogP contribution in [0.1, 0.15) is 28.8 Å². The molecule has 0 radical (unpaired) electrons. The van der Waals surface area contributed by atoms with E-state index >= 15 is 0 Å². The zero-order valence-electron chi connectivity index (χ0n) is 14.0. The molecule has 0 unspecified atom stereocenters. The Morgan fingerprint density at radius 1 is 1.12 bits per heavy atom. The molecule has 1 aliphatic rings. The number of halogens is 1. The molecule has 26 heavy (non-hydrogen) atoms. The normalized spacial score (nSPS) is 15.1. The van der Waals surface area contributed by atoms with Gasteiger partial charge in [0.25, 0.3) is 5.91 Å². The summed E-state index contributed by atoms with van der Waals surface area (Å²) in [6.07, 6.45) is 1.72. The molecule has 3 rings (SSSR count). The third-order valence-electron chi connectivity index (χ3n) is 4.13. The third kappa shape index (κ3) is 4.32. The number of hydrogen-bond donors (Lipinski definition) is 1. The molecule has 1 fully saturated rings. The van der Waals surface area contributed by atoms with Gasteiger partial charge in [0.05, 0.1) is 17.1 Å². The number of carbonyl (C=O) groups is 1. The van der Waals surface area contributed by atoms with Gasteiger partial charge in [0.2, 0.25) is 10.0 Å². The van der Waals surface area contributed by atoms with E-state index in [2.05, 4.69) is 21.4 Å². The van der Waals surface area contributed by atoms with Crippen molar-refractivity contribution in [2.75, 3.05) is 13.1 Å². The number of sulfonamides is 1. The van der Waals surface area contributed by atoms with Gasteiger partial charge in [-0.2, -0.15) is 4.31 Å². The smallest absolute Gasteiger partial charge is 0.269 e. The molecule has 2 aromatic rings. The number of amides is 1. The van der Waals surface area contributed by atoms with Gasteiger partial charge >= 0.3 is 0 Å². The van der Waals surface area contributed by atoms with Crippen LogP contribution >= 0.6 is 15.9 Å². The molecular formula is C18H19BrN2O4S. The van der Waals surface area contributed by atoms with E-state index < -0.39 is 15.9 Å². The number of carbonyl (C=O) groups excluding carboxylic acids is 1. The van der Waals surface area contributed by atoms with Gasteiger partial charge in [-0.05, 0) is 52.5 Å². The lowest BCUT2D eigenvalue weighted by molar-refractivity contribution is 0.0232. The molecule has 138 valence electrons. The van der Waals surface area contributed by atoms with Crippen molar-refractivity contribution in [2.24, 2.45) is 0 Å². The van der Waals surface area contributed by atoms with E-state index in [0.29, 0.717) is 17.6 Å². The molecule has 0 spiro atoms. The first-order chi connectivity index (χ1) is 12.5. The largest absolute Gasteiger partial charge is 0.276 e. The summed E-state index contributed by atoms with van der Waals surface area (Å²) in [5.41, 5.74) is 3.48. The van der Waals surface area contributed by atoms with Crippen LogP contribution in [-0.2, 0) is 21.5 Å². The van der Waals surface area contributed by atoms with Crippen molar-refractivity contribution in [3.05, 3.63) is 64.1 Å². The van der Waals surface area contributed by atoms with Gasteiger partial charge in [-0.1, -0.05) is 30.3 Å². The van der Waals surface area contributed by atoms with Gasteiger partial charge in [0.15, 0.2) is 0 Å². The Labute approximate surface area is 161 Å². The highest BCUT2D eigenvalue weighted by Gasteiger charge is 2.28. The number of hydroxylamine groups is 1. The number of nitrogens with zero attached hydrogens (tertiary/aromatic N) is 1. The van der Waals surface area contributed by atoms with E-state index in [0.717, 1.165) is 18.4 Å². The SMILES string of the molecule is O=C(NOCc1ccccc1)c1cc(S(=O)(=O)N2CCCC2)ccc1Br. The van der Waals surface area contributed by atoms with Gasteiger partial charge in [0, 0.05) is 17.6 Å². The molecule has 1 amide bonds. The van der Waals surface area contributed by atoms with Gasteiger partial charge < -0.3 is 0 Å². The van der Waals surface area contributed by atoms with Gasteiger partial charge in [-0.15, -0.1) is 0 Å². The Morgan fingerprint density at radius 3 is 2.50 bits per heavy atom. The lowest BCUT2D eigenvalue weighted by atomic mass is 10.2. The minimum absolute atomic E-state index is 0.107. The first kappa shape index (κ1) is 19.0. The molecule has 1 heterocycles. The van der Waals surface area contributed by atoms with Crippen LogP contribution in [-0.4, -0.2) is 31.7 Å². The summed E-state index contributed by atoms with van der Waals surface area (Å²) in [6.45, 7) is 1.25. The van der Waals surface area contributed by atoms with Crippen molar-refractivity contribution in [1.29, 1.82) is 0 Å². The molecule has 2 aromatic carbocycles. The predicted molar refractivity (Wildman–Crippen MR) is 101 cm³/mol. The summed E-state index contributed by atoms with van der Waals surface area (Å²) < 4.78 is 27.3. The van der Waals surface area contributed by atoms with E-state index in [9.17, 15) is 13.2 Å². The predicted octanol–water partition coefficient (Wildman–Crippen LogP) is 3.10. The summed E-state index contributed by atoms with van der Waals surface area (Å²) in [6, 6.07) is 13.9. The van der Waals surface area contributed by atoms with Crippen molar-refractivity contribution in [3.63, 3.8) is 0 Å². The molecule has 0 aromatic heterocycles. The highest BCUT2D eigenvalue weighted by Crippen LogP contribution is 2.25. The molecular weight excluding hydrogens is 420 g/mol. The second-order valence-corrected chi connectivity index (χ2v) is 8.75. The van der Waals surface area contributed by atoms with Crippen LogP contribution in [0, 0.1) is 0 Å². The average molecular weight is 439 g/mol. The minimum Gasteiger partial charge on any atom is -0.269 e. The number of nitrogens with one attached hydrogen (secondary N) is 1. The van der Waals surface area contributed by atoms with E-state index in [1.54, 1.807) is 6.07 Å². The van der Waals surface area contributed by atoms with E-state index in [4.69, 9.17) is 4.84 Å². The van der Waals surface area contributed by atoms with Crippen LogP contribution < -0.4 is 5.48 Å². The fourth-order valence-electron chi connectivity index (χ4n) is 2.73. The van der Waals surface area contributed by atoms with Crippen molar-refractivity contribution in [1.82, 2.24) is 9.79 Å². The first-order valence-corrected chi connectivity index (χ1v) is 10.5. The standard InChI is InChI=1S/C18H19BrN2O4S/c19-17-9-8-15(26(23,24)21-10-4-5-11-21)12-16(17)18(22)20-25-13-14-6-2-1-3-7-14/h1-3,6-9,12H,4-5,10-11,13H2,(H,20,22). The van der Waals surface area contributed by atoms with E-state index in [1.165, 1.54) is 16.4 Å². The summed E-state index contributed by atoms with van der Waals surface area (Å²) >= 11 is 3.29. The maximum Gasteiger partial charge on any atom is 0.276 e.